The molecule has 2 aromatic rings. The van der Waals surface area contributed by atoms with Crippen LogP contribution >= 0.6 is 0 Å². The fraction of sp³-hybridized carbons (Fsp3) is 0.222. The van der Waals surface area contributed by atoms with Crippen LogP contribution in [0.15, 0.2) is 18.2 Å². The Balaban J connectivity index is 1.79. The zero-order valence-corrected chi connectivity index (χ0v) is 12.8. The minimum Gasteiger partial charge on any atom is -0.508 e. The number of ether oxygens (including phenoxy) is 2. The van der Waals surface area contributed by atoms with Gasteiger partial charge in [0, 0.05) is 22.8 Å². The minimum absolute atomic E-state index is 0.0151. The molecule has 25 heavy (non-hydrogen) atoms. The molecule has 1 saturated heterocycles. The summed E-state index contributed by atoms with van der Waals surface area (Å²) in [6.07, 6.45) is 0.108. The largest absolute Gasteiger partial charge is 0.508 e. The van der Waals surface area contributed by atoms with Gasteiger partial charge in [0.15, 0.2) is 5.78 Å². The van der Waals surface area contributed by atoms with Gasteiger partial charge in [-0.25, -0.2) is 0 Å². The highest BCUT2D eigenvalue weighted by Gasteiger charge is 2.45. The van der Waals surface area contributed by atoms with Crippen LogP contribution in [0.2, 0.25) is 0 Å². The number of rotatable bonds is 0. The van der Waals surface area contributed by atoms with E-state index in [4.69, 9.17) is 9.47 Å². The molecule has 0 saturated carbocycles. The Morgan fingerprint density at radius 1 is 0.960 bits per heavy atom. The Bertz CT molecular complexity index is 992. The third kappa shape index (κ3) is 1.68. The number of carbonyl (C=O) groups is 2. The second-order valence-electron chi connectivity index (χ2n) is 6.36. The number of phenols is 3. The highest BCUT2D eigenvalue weighted by molar-refractivity contribution is 6.30. The molecule has 0 aromatic heterocycles. The van der Waals surface area contributed by atoms with Gasteiger partial charge in [0.1, 0.15) is 23.0 Å². The lowest BCUT2D eigenvalue weighted by atomic mass is 9.80. The summed E-state index contributed by atoms with van der Waals surface area (Å²) in [5, 5.41) is 30.4. The average molecular weight is 340 g/mol. The third-order valence-corrected chi connectivity index (χ3v) is 5.00. The van der Waals surface area contributed by atoms with Crippen LogP contribution < -0.4 is 4.74 Å². The van der Waals surface area contributed by atoms with Crippen molar-refractivity contribution in [2.24, 2.45) is 0 Å². The molecule has 5 rings (SSSR count). The lowest BCUT2D eigenvalue weighted by molar-refractivity contribution is -0.0337. The van der Waals surface area contributed by atoms with E-state index in [1.165, 1.54) is 6.07 Å². The van der Waals surface area contributed by atoms with E-state index in [0.717, 1.165) is 12.1 Å². The summed E-state index contributed by atoms with van der Waals surface area (Å²) in [6, 6.07) is 3.54. The van der Waals surface area contributed by atoms with Crippen LogP contribution in [-0.2, 0) is 4.74 Å². The number of carbonyl (C=O) groups excluding carboxylic acids is 2. The predicted octanol–water partition coefficient (Wildman–Crippen LogP) is 1.80. The van der Waals surface area contributed by atoms with E-state index in [1.54, 1.807) is 0 Å². The molecule has 2 aromatic carbocycles. The molecule has 1 fully saturated rings. The molecule has 126 valence electrons. The lowest BCUT2D eigenvalue weighted by Crippen LogP contribution is -2.21. The normalized spacial score (nSPS) is 22.9. The number of aromatic hydroxyl groups is 3. The van der Waals surface area contributed by atoms with Crippen molar-refractivity contribution in [1.29, 1.82) is 0 Å². The molecule has 2 heterocycles. The topological polar surface area (TPSA) is 113 Å². The first-order valence-corrected chi connectivity index (χ1v) is 7.81. The Morgan fingerprint density at radius 3 is 2.52 bits per heavy atom. The maximum absolute atomic E-state index is 12.9. The summed E-state index contributed by atoms with van der Waals surface area (Å²) in [4.78, 5) is 25.7. The van der Waals surface area contributed by atoms with Crippen molar-refractivity contribution in [3.05, 3.63) is 46.0 Å². The maximum atomic E-state index is 12.9. The molecular weight excluding hydrogens is 328 g/mol. The van der Waals surface area contributed by atoms with Gasteiger partial charge in [-0.3, -0.25) is 9.59 Å². The van der Waals surface area contributed by atoms with Crippen molar-refractivity contribution >= 4 is 11.6 Å². The second-order valence-corrected chi connectivity index (χ2v) is 6.36. The highest BCUT2D eigenvalue weighted by atomic mass is 16.7. The summed E-state index contributed by atoms with van der Waals surface area (Å²) >= 11 is 0. The van der Waals surface area contributed by atoms with Crippen molar-refractivity contribution < 1.29 is 34.4 Å². The van der Waals surface area contributed by atoms with Crippen LogP contribution in [0.4, 0.5) is 0 Å². The molecule has 7 heteroatoms. The van der Waals surface area contributed by atoms with Crippen LogP contribution in [0.25, 0.3) is 0 Å². The highest BCUT2D eigenvalue weighted by Crippen LogP contribution is 2.52. The van der Waals surface area contributed by atoms with Crippen LogP contribution in [-0.4, -0.2) is 39.8 Å². The van der Waals surface area contributed by atoms with E-state index < -0.39 is 23.6 Å². The molecule has 3 aliphatic rings. The van der Waals surface area contributed by atoms with Crippen molar-refractivity contribution in [1.82, 2.24) is 0 Å². The molecule has 0 radical (unpaired) electrons. The quantitative estimate of drug-likeness (QED) is 0.572. The maximum Gasteiger partial charge on any atom is 0.207 e. The molecule has 0 amide bonds. The molecule has 0 unspecified atom stereocenters. The van der Waals surface area contributed by atoms with Crippen molar-refractivity contribution in [3.8, 4) is 23.0 Å². The zero-order chi connectivity index (χ0) is 17.5. The van der Waals surface area contributed by atoms with Crippen LogP contribution in [0.5, 0.6) is 23.0 Å². The summed E-state index contributed by atoms with van der Waals surface area (Å²) in [5.41, 5.74) is -0.0243. The molecule has 2 aliphatic heterocycles. The Labute approximate surface area is 141 Å². The van der Waals surface area contributed by atoms with Gasteiger partial charge in [-0.2, -0.15) is 0 Å². The van der Waals surface area contributed by atoms with Gasteiger partial charge < -0.3 is 24.8 Å². The predicted molar refractivity (Wildman–Crippen MR) is 82.5 cm³/mol. The van der Waals surface area contributed by atoms with E-state index >= 15 is 0 Å². The zero-order valence-electron chi connectivity index (χ0n) is 12.8. The third-order valence-electron chi connectivity index (χ3n) is 5.00. The Kier molecular flexibility index (Phi) is 2.58. The van der Waals surface area contributed by atoms with E-state index in [2.05, 4.69) is 0 Å². The monoisotopic (exact) mass is 340 g/mol. The lowest BCUT2D eigenvalue weighted by Gasteiger charge is -2.21. The van der Waals surface area contributed by atoms with E-state index in [0.29, 0.717) is 24.3 Å². The first-order valence-electron chi connectivity index (χ1n) is 7.81. The van der Waals surface area contributed by atoms with Crippen molar-refractivity contribution in [3.63, 3.8) is 0 Å². The molecule has 3 N–H and O–H groups in total. The summed E-state index contributed by atoms with van der Waals surface area (Å²) in [5.74, 6) is -2.25. The van der Waals surface area contributed by atoms with Crippen molar-refractivity contribution in [2.75, 3.05) is 6.61 Å². The van der Waals surface area contributed by atoms with Crippen LogP contribution in [0, 0.1) is 0 Å². The van der Waals surface area contributed by atoms with E-state index in [-0.39, 0.29) is 39.7 Å². The number of benzene rings is 2. The van der Waals surface area contributed by atoms with Gasteiger partial charge in [-0.15, -0.1) is 0 Å². The summed E-state index contributed by atoms with van der Waals surface area (Å²) in [7, 11) is 0. The van der Waals surface area contributed by atoms with Gasteiger partial charge in [-0.05, 0) is 18.6 Å². The van der Waals surface area contributed by atoms with Crippen LogP contribution in [0.3, 0.4) is 0 Å². The standard InChI is InChI=1S/C18H12O7/c19-6-3-8-12(10(20)4-6)16(22)14-9(15(8)21)5-11-13(17(14)23)7-1-2-24-18(7)25-11/h3-5,7,18-20,23H,1-2H2/t7-,18+/m1/s1. The summed E-state index contributed by atoms with van der Waals surface area (Å²) in [6.45, 7) is 0.487. The molecule has 0 bridgehead atoms. The van der Waals surface area contributed by atoms with E-state index in [1.807, 2.05) is 0 Å². The van der Waals surface area contributed by atoms with E-state index in [9.17, 15) is 24.9 Å². The molecule has 2 atom stereocenters. The van der Waals surface area contributed by atoms with Gasteiger partial charge in [0.25, 0.3) is 0 Å². The number of hydrogen-bond acceptors (Lipinski definition) is 7. The average Bonchev–Trinajstić information content (AvgIpc) is 3.11. The van der Waals surface area contributed by atoms with Gasteiger partial charge >= 0.3 is 0 Å². The number of hydrogen-bond donors (Lipinski definition) is 3. The van der Waals surface area contributed by atoms with Crippen molar-refractivity contribution in [2.45, 2.75) is 18.6 Å². The van der Waals surface area contributed by atoms with Gasteiger partial charge in [0.2, 0.25) is 12.1 Å². The number of ketones is 2. The number of phenolic OH excluding ortho intramolecular Hbond substituents is 3. The summed E-state index contributed by atoms with van der Waals surface area (Å²) < 4.78 is 11.1. The Hall–Kier alpha value is -3.06. The van der Waals surface area contributed by atoms with Crippen LogP contribution in [0.1, 0.15) is 49.7 Å². The second kappa shape index (κ2) is 4.52. The first-order chi connectivity index (χ1) is 12.0. The fourth-order valence-corrected chi connectivity index (χ4v) is 3.91. The first kappa shape index (κ1) is 14.3. The fourth-order valence-electron chi connectivity index (χ4n) is 3.91. The SMILES string of the molecule is O=C1c2cc(O)cc(O)c2C(=O)c2c1cc1c(c2O)[C@H]2CCO[C@H]2O1. The molecular formula is C18H12O7. The smallest absolute Gasteiger partial charge is 0.207 e. The minimum atomic E-state index is -0.662. The molecule has 7 nitrogen and oxygen atoms in total. The Morgan fingerprint density at radius 2 is 1.72 bits per heavy atom. The van der Waals surface area contributed by atoms with Gasteiger partial charge in [0.05, 0.1) is 23.7 Å². The molecule has 0 spiro atoms. The van der Waals surface area contributed by atoms with Gasteiger partial charge in [-0.1, -0.05) is 0 Å². The molecule has 1 aliphatic carbocycles. The number of fused-ring (bicyclic) bond motifs is 5.